The number of pyridine rings is 1. The van der Waals surface area contributed by atoms with Gasteiger partial charge in [-0.05, 0) is 42.5 Å². The lowest BCUT2D eigenvalue weighted by Gasteiger charge is -2.08. The Labute approximate surface area is 128 Å². The summed E-state index contributed by atoms with van der Waals surface area (Å²) in [5.41, 5.74) is 0.206. The van der Waals surface area contributed by atoms with Crippen LogP contribution in [0.1, 0.15) is 10.4 Å². The molecule has 0 saturated heterocycles. The van der Waals surface area contributed by atoms with E-state index in [1.807, 2.05) is 0 Å². The molecule has 1 N–H and O–H groups in total. The fourth-order valence-electron chi connectivity index (χ4n) is 2.21. The lowest BCUT2D eigenvalue weighted by Crippen LogP contribution is -2.01. The first-order valence-corrected chi connectivity index (χ1v) is 6.62. The molecule has 0 bridgehead atoms. The molecule has 22 heavy (non-hydrogen) atoms. The third-order valence-corrected chi connectivity index (χ3v) is 3.44. The van der Waals surface area contributed by atoms with E-state index in [4.69, 9.17) is 11.6 Å². The standard InChI is InChI=1S/C16H8ClF2NO2/c17-8-1-4-14-10(5-8)11(16(21)22)7-15(20-14)12-6-9(18)2-3-13(12)19/h1-7H,(H,21,22). The Balaban J connectivity index is 2.34. The topological polar surface area (TPSA) is 50.2 Å². The molecule has 0 fully saturated rings. The zero-order valence-electron chi connectivity index (χ0n) is 11.0. The van der Waals surface area contributed by atoms with Crippen LogP contribution in [-0.2, 0) is 0 Å². The molecule has 6 heteroatoms. The van der Waals surface area contributed by atoms with Gasteiger partial charge in [0.15, 0.2) is 0 Å². The van der Waals surface area contributed by atoms with Crippen molar-refractivity contribution >= 4 is 28.5 Å². The minimum atomic E-state index is -1.20. The molecular weight excluding hydrogens is 312 g/mol. The molecule has 0 radical (unpaired) electrons. The number of aromatic nitrogens is 1. The van der Waals surface area contributed by atoms with E-state index in [9.17, 15) is 18.7 Å². The summed E-state index contributed by atoms with van der Waals surface area (Å²) in [6.07, 6.45) is 0. The van der Waals surface area contributed by atoms with Gasteiger partial charge >= 0.3 is 5.97 Å². The summed E-state index contributed by atoms with van der Waals surface area (Å²) in [4.78, 5) is 15.6. The van der Waals surface area contributed by atoms with E-state index < -0.39 is 17.6 Å². The predicted molar refractivity (Wildman–Crippen MR) is 79.1 cm³/mol. The van der Waals surface area contributed by atoms with Gasteiger partial charge in [0.25, 0.3) is 0 Å². The largest absolute Gasteiger partial charge is 0.478 e. The van der Waals surface area contributed by atoms with E-state index in [2.05, 4.69) is 4.98 Å². The first-order chi connectivity index (χ1) is 10.5. The second-order valence-corrected chi connectivity index (χ2v) is 5.08. The van der Waals surface area contributed by atoms with Crippen LogP contribution in [0.25, 0.3) is 22.2 Å². The highest BCUT2D eigenvalue weighted by molar-refractivity contribution is 6.31. The van der Waals surface area contributed by atoms with Gasteiger partial charge in [0.05, 0.1) is 16.8 Å². The van der Waals surface area contributed by atoms with Crippen molar-refractivity contribution in [1.82, 2.24) is 4.98 Å². The van der Waals surface area contributed by atoms with Crippen molar-refractivity contribution in [1.29, 1.82) is 0 Å². The Morgan fingerprint density at radius 1 is 1.09 bits per heavy atom. The van der Waals surface area contributed by atoms with E-state index in [0.717, 1.165) is 18.2 Å². The lowest BCUT2D eigenvalue weighted by atomic mass is 10.0. The fraction of sp³-hybridized carbons (Fsp3) is 0. The van der Waals surface area contributed by atoms with E-state index in [1.165, 1.54) is 18.2 Å². The summed E-state index contributed by atoms with van der Waals surface area (Å²) in [5.74, 6) is -2.52. The van der Waals surface area contributed by atoms with Crippen molar-refractivity contribution < 1.29 is 18.7 Å². The number of carboxylic acids is 1. The average molecular weight is 320 g/mol. The minimum Gasteiger partial charge on any atom is -0.478 e. The van der Waals surface area contributed by atoms with Crippen LogP contribution in [0.3, 0.4) is 0 Å². The zero-order chi connectivity index (χ0) is 15.9. The first-order valence-electron chi connectivity index (χ1n) is 6.25. The monoisotopic (exact) mass is 319 g/mol. The zero-order valence-corrected chi connectivity index (χ0v) is 11.7. The molecule has 3 rings (SSSR count). The van der Waals surface area contributed by atoms with Crippen LogP contribution in [0.5, 0.6) is 0 Å². The molecule has 3 nitrogen and oxygen atoms in total. The Morgan fingerprint density at radius 2 is 1.86 bits per heavy atom. The van der Waals surface area contributed by atoms with Gasteiger partial charge in [-0.3, -0.25) is 0 Å². The summed E-state index contributed by atoms with van der Waals surface area (Å²) in [7, 11) is 0. The number of carboxylic acid groups (broad SMARTS) is 1. The number of fused-ring (bicyclic) bond motifs is 1. The third kappa shape index (κ3) is 2.51. The number of rotatable bonds is 2. The van der Waals surface area contributed by atoms with E-state index in [0.29, 0.717) is 15.9 Å². The van der Waals surface area contributed by atoms with E-state index >= 15 is 0 Å². The number of carbonyl (C=O) groups is 1. The molecule has 0 aliphatic rings. The van der Waals surface area contributed by atoms with E-state index in [1.54, 1.807) is 6.07 Å². The fourth-order valence-corrected chi connectivity index (χ4v) is 2.38. The Hall–Kier alpha value is -2.53. The molecule has 0 amide bonds. The maximum absolute atomic E-state index is 13.9. The molecule has 0 saturated carbocycles. The van der Waals surface area contributed by atoms with Crippen molar-refractivity contribution in [2.24, 2.45) is 0 Å². The Morgan fingerprint density at radius 3 is 2.59 bits per heavy atom. The van der Waals surface area contributed by atoms with Gasteiger partial charge in [0, 0.05) is 16.0 Å². The maximum atomic E-state index is 13.9. The number of halogens is 3. The molecule has 1 aromatic heterocycles. The average Bonchev–Trinajstić information content (AvgIpc) is 2.48. The second-order valence-electron chi connectivity index (χ2n) is 4.65. The highest BCUT2D eigenvalue weighted by atomic mass is 35.5. The predicted octanol–water partition coefficient (Wildman–Crippen LogP) is 4.53. The van der Waals surface area contributed by atoms with Gasteiger partial charge in [-0.15, -0.1) is 0 Å². The van der Waals surface area contributed by atoms with Gasteiger partial charge in [-0.25, -0.2) is 18.6 Å². The van der Waals surface area contributed by atoms with Gasteiger partial charge in [0.2, 0.25) is 0 Å². The van der Waals surface area contributed by atoms with Gasteiger partial charge < -0.3 is 5.11 Å². The van der Waals surface area contributed by atoms with Crippen LogP contribution in [0, 0.1) is 11.6 Å². The van der Waals surface area contributed by atoms with Gasteiger partial charge in [-0.2, -0.15) is 0 Å². The first kappa shape index (κ1) is 14.4. The SMILES string of the molecule is O=C(O)c1cc(-c2cc(F)ccc2F)nc2ccc(Cl)cc12. The van der Waals surface area contributed by atoms with Crippen LogP contribution in [0.15, 0.2) is 42.5 Å². The minimum absolute atomic E-state index is 0.0456. The van der Waals surface area contributed by atoms with Crippen molar-refractivity contribution in [2.45, 2.75) is 0 Å². The van der Waals surface area contributed by atoms with E-state index in [-0.39, 0.29) is 16.8 Å². The molecule has 3 aromatic rings. The highest BCUT2D eigenvalue weighted by Crippen LogP contribution is 2.28. The van der Waals surface area contributed by atoms with Crippen molar-refractivity contribution in [2.75, 3.05) is 0 Å². The summed E-state index contributed by atoms with van der Waals surface area (Å²) < 4.78 is 27.2. The van der Waals surface area contributed by atoms with Crippen molar-refractivity contribution in [3.63, 3.8) is 0 Å². The molecule has 0 spiro atoms. The number of nitrogens with zero attached hydrogens (tertiary/aromatic N) is 1. The second kappa shape index (κ2) is 5.35. The normalized spacial score (nSPS) is 10.9. The highest BCUT2D eigenvalue weighted by Gasteiger charge is 2.16. The third-order valence-electron chi connectivity index (χ3n) is 3.21. The number of aromatic carboxylic acids is 1. The quantitative estimate of drug-likeness (QED) is 0.755. The molecule has 0 atom stereocenters. The molecular formula is C16H8ClF2NO2. The maximum Gasteiger partial charge on any atom is 0.336 e. The Kier molecular flexibility index (Phi) is 3.50. The molecule has 110 valence electrons. The summed E-state index contributed by atoms with van der Waals surface area (Å²) >= 11 is 5.87. The number of benzene rings is 2. The van der Waals surface area contributed by atoms with Gasteiger partial charge in [0.1, 0.15) is 11.6 Å². The number of hydrogen-bond donors (Lipinski definition) is 1. The van der Waals surface area contributed by atoms with Crippen LogP contribution < -0.4 is 0 Å². The Bertz CT molecular complexity index is 912. The lowest BCUT2D eigenvalue weighted by molar-refractivity contribution is 0.0699. The van der Waals surface area contributed by atoms with Gasteiger partial charge in [-0.1, -0.05) is 11.6 Å². The van der Waals surface area contributed by atoms with Crippen LogP contribution in [0.4, 0.5) is 8.78 Å². The smallest absolute Gasteiger partial charge is 0.336 e. The summed E-state index contributed by atoms with van der Waals surface area (Å²) in [5, 5.41) is 10.0. The van der Waals surface area contributed by atoms with Crippen LogP contribution in [-0.4, -0.2) is 16.1 Å². The summed E-state index contributed by atoms with van der Waals surface area (Å²) in [6.45, 7) is 0. The molecule has 0 aliphatic heterocycles. The molecule has 0 unspecified atom stereocenters. The number of hydrogen-bond acceptors (Lipinski definition) is 2. The van der Waals surface area contributed by atoms with Crippen LogP contribution >= 0.6 is 11.6 Å². The summed E-state index contributed by atoms with van der Waals surface area (Å²) in [6, 6.07) is 8.69. The van der Waals surface area contributed by atoms with Crippen LogP contribution in [0.2, 0.25) is 5.02 Å². The van der Waals surface area contributed by atoms with Crippen molar-refractivity contribution in [3.8, 4) is 11.3 Å². The molecule has 0 aliphatic carbocycles. The molecule has 1 heterocycles. The molecule has 2 aromatic carbocycles. The van der Waals surface area contributed by atoms with Crippen molar-refractivity contribution in [3.05, 3.63) is 64.7 Å².